The van der Waals surface area contributed by atoms with Gasteiger partial charge in [-0.1, -0.05) is 18.2 Å². The number of likely N-dealkylation sites (tertiary alicyclic amines) is 1. The predicted octanol–water partition coefficient (Wildman–Crippen LogP) is 2.24. The van der Waals surface area contributed by atoms with E-state index in [1.54, 1.807) is 41.3 Å². The maximum absolute atomic E-state index is 12.9. The Morgan fingerprint density at radius 2 is 1.77 bits per heavy atom. The molecule has 1 saturated heterocycles. The molecule has 1 fully saturated rings. The van der Waals surface area contributed by atoms with Crippen molar-refractivity contribution >= 4 is 27.5 Å². The largest absolute Gasteiger partial charge is 0.495 e. The molecule has 2 aromatic rings. The summed E-state index contributed by atoms with van der Waals surface area (Å²) in [5, 5.41) is 2.87. The average Bonchev–Trinajstić information content (AvgIpc) is 2.73. The van der Waals surface area contributed by atoms with E-state index in [9.17, 15) is 18.0 Å². The van der Waals surface area contributed by atoms with Crippen LogP contribution in [0, 0.1) is 0 Å². The van der Waals surface area contributed by atoms with Gasteiger partial charge in [0.25, 0.3) is 15.9 Å². The summed E-state index contributed by atoms with van der Waals surface area (Å²) in [6.07, 6.45) is 1.33. The van der Waals surface area contributed by atoms with Gasteiger partial charge in [0, 0.05) is 31.6 Å². The number of carbonyl (C=O) groups excluding carboxylic acids is 2. The second-order valence-electron chi connectivity index (χ2n) is 7.10. The molecule has 0 unspecified atom stereocenters. The quantitative estimate of drug-likeness (QED) is 0.730. The number of hydrogen-bond donors (Lipinski definition) is 2. The molecule has 1 aliphatic rings. The van der Waals surface area contributed by atoms with Gasteiger partial charge in [0.05, 0.1) is 17.7 Å². The number of hydrogen-bond acceptors (Lipinski definition) is 5. The van der Waals surface area contributed by atoms with Crippen molar-refractivity contribution < 1.29 is 22.7 Å². The number of anilines is 1. The average molecular weight is 432 g/mol. The minimum atomic E-state index is -3.90. The van der Waals surface area contributed by atoms with Crippen LogP contribution in [0.2, 0.25) is 0 Å². The summed E-state index contributed by atoms with van der Waals surface area (Å²) in [6.45, 7) is 2.48. The topological polar surface area (TPSA) is 105 Å². The van der Waals surface area contributed by atoms with Crippen LogP contribution in [0.25, 0.3) is 0 Å². The molecule has 30 heavy (non-hydrogen) atoms. The lowest BCUT2D eigenvalue weighted by Gasteiger charge is -2.32. The molecule has 9 heteroatoms. The maximum Gasteiger partial charge on any atom is 0.262 e. The molecule has 1 heterocycles. The molecule has 8 nitrogen and oxygen atoms in total. The van der Waals surface area contributed by atoms with Crippen molar-refractivity contribution in [2.75, 3.05) is 24.9 Å². The number of piperidine rings is 1. The monoisotopic (exact) mass is 431 g/mol. The predicted molar refractivity (Wildman–Crippen MR) is 113 cm³/mol. The second kappa shape index (κ2) is 9.17. The van der Waals surface area contributed by atoms with E-state index in [0.717, 1.165) is 0 Å². The third kappa shape index (κ3) is 5.10. The Balaban J connectivity index is 1.74. The van der Waals surface area contributed by atoms with Crippen LogP contribution in [0.3, 0.4) is 0 Å². The molecule has 3 rings (SSSR count). The van der Waals surface area contributed by atoms with Gasteiger partial charge >= 0.3 is 0 Å². The first-order chi connectivity index (χ1) is 14.3. The summed E-state index contributed by atoms with van der Waals surface area (Å²) < 4.78 is 33.4. The van der Waals surface area contributed by atoms with Crippen molar-refractivity contribution in [3.05, 3.63) is 54.1 Å². The van der Waals surface area contributed by atoms with Gasteiger partial charge in [0.1, 0.15) is 5.75 Å². The van der Waals surface area contributed by atoms with Crippen molar-refractivity contribution in [3.8, 4) is 5.75 Å². The number of benzene rings is 2. The first kappa shape index (κ1) is 21.6. The summed E-state index contributed by atoms with van der Waals surface area (Å²) in [6, 6.07) is 12.7. The van der Waals surface area contributed by atoms with E-state index in [1.165, 1.54) is 26.2 Å². The molecule has 1 aliphatic heterocycles. The van der Waals surface area contributed by atoms with Gasteiger partial charge in [-0.15, -0.1) is 0 Å². The fraction of sp³-hybridized carbons (Fsp3) is 0.333. The Bertz CT molecular complexity index is 1030. The van der Waals surface area contributed by atoms with Gasteiger partial charge in [-0.05, 0) is 43.2 Å². The lowest BCUT2D eigenvalue weighted by atomic mass is 10.0. The van der Waals surface area contributed by atoms with Crippen LogP contribution < -0.4 is 14.8 Å². The van der Waals surface area contributed by atoms with Crippen molar-refractivity contribution in [2.45, 2.75) is 30.7 Å². The zero-order valence-electron chi connectivity index (χ0n) is 16.9. The molecule has 0 bridgehead atoms. The molecule has 0 atom stereocenters. The van der Waals surface area contributed by atoms with Crippen LogP contribution in [0.1, 0.15) is 30.1 Å². The summed E-state index contributed by atoms with van der Waals surface area (Å²) in [7, 11) is -2.44. The standard InChI is InChI=1S/C21H25N3O5S/c1-15(25)22-17-10-12-24(13-11-17)21(26)16-6-5-7-18(14-16)30(27,28)23-19-8-3-4-9-20(19)29-2/h3-9,14,17,23H,10-13H2,1-2H3,(H,22,25). The summed E-state index contributed by atoms with van der Waals surface area (Å²) in [5.74, 6) is 0.0844. The highest BCUT2D eigenvalue weighted by Gasteiger charge is 2.25. The van der Waals surface area contributed by atoms with E-state index in [1.807, 2.05) is 0 Å². The van der Waals surface area contributed by atoms with Crippen LogP contribution in [0.15, 0.2) is 53.4 Å². The lowest BCUT2D eigenvalue weighted by molar-refractivity contribution is -0.119. The normalized spacial score (nSPS) is 14.8. The van der Waals surface area contributed by atoms with Gasteiger partial charge in [0.2, 0.25) is 5.91 Å². The second-order valence-corrected chi connectivity index (χ2v) is 8.78. The minimum absolute atomic E-state index is 0.00705. The van der Waals surface area contributed by atoms with E-state index in [-0.39, 0.29) is 22.8 Å². The molecule has 0 saturated carbocycles. The Hall–Kier alpha value is -3.07. The molecule has 2 aromatic carbocycles. The lowest BCUT2D eigenvalue weighted by Crippen LogP contribution is -2.46. The Morgan fingerprint density at radius 1 is 1.07 bits per heavy atom. The number of ether oxygens (including phenoxy) is 1. The number of amides is 2. The molecule has 160 valence electrons. The highest BCUT2D eigenvalue weighted by molar-refractivity contribution is 7.92. The molecule has 2 amide bonds. The van der Waals surface area contributed by atoms with Crippen LogP contribution in [0.5, 0.6) is 5.75 Å². The van der Waals surface area contributed by atoms with E-state index in [0.29, 0.717) is 42.9 Å². The summed E-state index contributed by atoms with van der Waals surface area (Å²) in [4.78, 5) is 25.7. The number of methoxy groups -OCH3 is 1. The molecule has 0 aromatic heterocycles. The number of nitrogens with one attached hydrogen (secondary N) is 2. The SMILES string of the molecule is COc1ccccc1NS(=O)(=O)c1cccc(C(=O)N2CCC(NC(C)=O)CC2)c1. The first-order valence-corrected chi connectivity index (χ1v) is 11.1. The van der Waals surface area contributed by atoms with E-state index >= 15 is 0 Å². The van der Waals surface area contributed by atoms with E-state index in [2.05, 4.69) is 10.0 Å². The maximum atomic E-state index is 12.9. The third-order valence-electron chi connectivity index (χ3n) is 4.93. The van der Waals surface area contributed by atoms with Crippen molar-refractivity contribution in [1.29, 1.82) is 0 Å². The number of carbonyl (C=O) groups is 2. The van der Waals surface area contributed by atoms with E-state index in [4.69, 9.17) is 4.74 Å². The zero-order chi connectivity index (χ0) is 21.7. The molecule has 0 radical (unpaired) electrons. The summed E-state index contributed by atoms with van der Waals surface area (Å²) in [5.41, 5.74) is 0.618. The highest BCUT2D eigenvalue weighted by atomic mass is 32.2. The molecular formula is C21H25N3O5S. The number of sulfonamides is 1. The number of para-hydroxylation sites is 2. The van der Waals surface area contributed by atoms with Crippen LogP contribution >= 0.6 is 0 Å². The molecule has 0 aliphatic carbocycles. The van der Waals surface area contributed by atoms with Crippen LogP contribution in [-0.2, 0) is 14.8 Å². The van der Waals surface area contributed by atoms with Gasteiger partial charge in [-0.25, -0.2) is 8.42 Å². The van der Waals surface area contributed by atoms with Crippen molar-refractivity contribution in [2.24, 2.45) is 0 Å². The first-order valence-electron chi connectivity index (χ1n) is 9.62. The zero-order valence-corrected chi connectivity index (χ0v) is 17.7. The fourth-order valence-corrected chi connectivity index (χ4v) is 4.54. The van der Waals surface area contributed by atoms with Crippen LogP contribution in [-0.4, -0.2) is 51.4 Å². The Morgan fingerprint density at radius 3 is 2.43 bits per heavy atom. The van der Waals surface area contributed by atoms with Gasteiger partial charge in [-0.2, -0.15) is 0 Å². The summed E-state index contributed by atoms with van der Waals surface area (Å²) >= 11 is 0. The minimum Gasteiger partial charge on any atom is -0.495 e. The molecule has 2 N–H and O–H groups in total. The highest BCUT2D eigenvalue weighted by Crippen LogP contribution is 2.26. The van der Waals surface area contributed by atoms with E-state index < -0.39 is 10.0 Å². The molecular weight excluding hydrogens is 406 g/mol. The van der Waals surface area contributed by atoms with Gasteiger partial charge < -0.3 is 15.0 Å². The third-order valence-corrected chi connectivity index (χ3v) is 6.30. The van der Waals surface area contributed by atoms with Crippen molar-refractivity contribution in [1.82, 2.24) is 10.2 Å². The Labute approximate surface area is 176 Å². The number of nitrogens with zero attached hydrogens (tertiary/aromatic N) is 1. The van der Waals surface area contributed by atoms with Gasteiger partial charge in [0.15, 0.2) is 0 Å². The smallest absolute Gasteiger partial charge is 0.262 e. The molecule has 0 spiro atoms. The Kier molecular flexibility index (Phi) is 6.61. The van der Waals surface area contributed by atoms with Crippen LogP contribution in [0.4, 0.5) is 5.69 Å². The van der Waals surface area contributed by atoms with Crippen molar-refractivity contribution in [3.63, 3.8) is 0 Å². The number of rotatable bonds is 6. The fourth-order valence-electron chi connectivity index (χ4n) is 3.43. The van der Waals surface area contributed by atoms with Gasteiger partial charge in [-0.3, -0.25) is 14.3 Å².